The van der Waals surface area contributed by atoms with Crippen LogP contribution in [0, 0.1) is 6.92 Å². The van der Waals surface area contributed by atoms with Crippen LogP contribution < -0.4 is 0 Å². The number of aromatic nitrogens is 1. The van der Waals surface area contributed by atoms with Gasteiger partial charge in [-0.1, -0.05) is 6.08 Å². The molecule has 12 heavy (non-hydrogen) atoms. The van der Waals surface area contributed by atoms with Crippen LogP contribution in [0.5, 0.6) is 0 Å². The molecule has 1 aromatic rings. The van der Waals surface area contributed by atoms with E-state index in [1.165, 1.54) is 36.0 Å². The summed E-state index contributed by atoms with van der Waals surface area (Å²) < 4.78 is 0. The van der Waals surface area contributed by atoms with Gasteiger partial charge in [-0.05, 0) is 49.0 Å². The third kappa shape index (κ3) is 1.27. The minimum absolute atomic E-state index is 1.23. The van der Waals surface area contributed by atoms with Gasteiger partial charge >= 0.3 is 0 Å². The third-order valence-corrected chi connectivity index (χ3v) is 2.43. The summed E-state index contributed by atoms with van der Waals surface area (Å²) in [5.41, 5.74) is 4.17. The molecule has 62 valence electrons. The molecule has 0 aromatic carbocycles. The van der Waals surface area contributed by atoms with Gasteiger partial charge in [0, 0.05) is 12.4 Å². The van der Waals surface area contributed by atoms with Gasteiger partial charge < -0.3 is 0 Å². The van der Waals surface area contributed by atoms with Gasteiger partial charge in [-0.2, -0.15) is 0 Å². The number of rotatable bonds is 1. The van der Waals surface area contributed by atoms with Gasteiger partial charge in [0.25, 0.3) is 0 Å². The Labute approximate surface area is 73.1 Å². The molecule has 0 saturated heterocycles. The van der Waals surface area contributed by atoms with Crippen LogP contribution in [-0.2, 0) is 0 Å². The SMILES string of the molecule is Cc1ccncc1C1=CCCC1. The average molecular weight is 159 g/mol. The predicted octanol–water partition coefficient (Wildman–Crippen LogP) is 2.96. The Balaban J connectivity index is 2.39. The Morgan fingerprint density at radius 1 is 1.42 bits per heavy atom. The molecular formula is C11H13N. The second kappa shape index (κ2) is 3.10. The third-order valence-electron chi connectivity index (χ3n) is 2.43. The van der Waals surface area contributed by atoms with Crippen LogP contribution >= 0.6 is 0 Å². The largest absolute Gasteiger partial charge is 0.264 e. The van der Waals surface area contributed by atoms with Crippen LogP contribution in [0.4, 0.5) is 0 Å². The van der Waals surface area contributed by atoms with Crippen molar-refractivity contribution in [1.82, 2.24) is 4.98 Å². The van der Waals surface area contributed by atoms with Crippen molar-refractivity contribution in [3.8, 4) is 0 Å². The van der Waals surface area contributed by atoms with Crippen molar-refractivity contribution in [1.29, 1.82) is 0 Å². The minimum Gasteiger partial charge on any atom is -0.264 e. The Morgan fingerprint density at radius 2 is 2.33 bits per heavy atom. The molecule has 0 spiro atoms. The molecule has 1 aliphatic rings. The quantitative estimate of drug-likeness (QED) is 0.614. The van der Waals surface area contributed by atoms with Crippen LogP contribution in [0.1, 0.15) is 30.4 Å². The summed E-state index contributed by atoms with van der Waals surface area (Å²) in [6, 6.07) is 2.08. The molecule has 0 fully saturated rings. The van der Waals surface area contributed by atoms with E-state index in [2.05, 4.69) is 24.1 Å². The fourth-order valence-electron chi connectivity index (χ4n) is 1.72. The summed E-state index contributed by atoms with van der Waals surface area (Å²) in [7, 11) is 0. The number of allylic oxidation sites excluding steroid dienone is 2. The van der Waals surface area contributed by atoms with Crippen molar-refractivity contribution in [2.45, 2.75) is 26.2 Å². The molecule has 0 atom stereocenters. The second-order valence-electron chi connectivity index (χ2n) is 3.31. The maximum absolute atomic E-state index is 4.15. The lowest BCUT2D eigenvalue weighted by molar-refractivity contribution is 0.934. The Kier molecular flexibility index (Phi) is 1.94. The molecule has 1 heterocycles. The normalized spacial score (nSPS) is 16.2. The van der Waals surface area contributed by atoms with Crippen LogP contribution in [0.2, 0.25) is 0 Å². The standard InChI is InChI=1S/C11H13N/c1-9-6-7-12-8-11(9)10-4-2-3-5-10/h4,6-8H,2-3,5H2,1H3. The second-order valence-corrected chi connectivity index (χ2v) is 3.31. The van der Waals surface area contributed by atoms with E-state index in [1.807, 2.05) is 12.4 Å². The van der Waals surface area contributed by atoms with Crippen molar-refractivity contribution in [3.63, 3.8) is 0 Å². The highest BCUT2D eigenvalue weighted by Crippen LogP contribution is 2.28. The van der Waals surface area contributed by atoms with Gasteiger partial charge in [0.2, 0.25) is 0 Å². The van der Waals surface area contributed by atoms with Crippen LogP contribution in [0.15, 0.2) is 24.5 Å². The first-order valence-corrected chi connectivity index (χ1v) is 4.48. The first-order valence-electron chi connectivity index (χ1n) is 4.48. The fraction of sp³-hybridized carbons (Fsp3) is 0.364. The van der Waals surface area contributed by atoms with E-state index < -0.39 is 0 Å². The van der Waals surface area contributed by atoms with Crippen LogP contribution in [-0.4, -0.2) is 4.98 Å². The van der Waals surface area contributed by atoms with Crippen molar-refractivity contribution >= 4 is 5.57 Å². The van der Waals surface area contributed by atoms with E-state index in [4.69, 9.17) is 0 Å². The highest BCUT2D eigenvalue weighted by Gasteiger charge is 2.08. The number of pyridine rings is 1. The number of nitrogens with zero attached hydrogens (tertiary/aromatic N) is 1. The molecule has 0 unspecified atom stereocenters. The van der Waals surface area contributed by atoms with Crippen LogP contribution in [0.3, 0.4) is 0 Å². The lowest BCUT2D eigenvalue weighted by Gasteiger charge is -2.04. The first-order chi connectivity index (χ1) is 5.88. The van der Waals surface area contributed by atoms with Gasteiger partial charge in [-0.15, -0.1) is 0 Å². The van der Waals surface area contributed by atoms with Gasteiger partial charge in [-0.25, -0.2) is 0 Å². The molecule has 0 radical (unpaired) electrons. The zero-order valence-electron chi connectivity index (χ0n) is 7.38. The van der Waals surface area contributed by atoms with Crippen LogP contribution in [0.25, 0.3) is 5.57 Å². The topological polar surface area (TPSA) is 12.9 Å². The minimum atomic E-state index is 1.23. The van der Waals surface area contributed by atoms with Gasteiger partial charge in [0.05, 0.1) is 0 Å². The molecule has 0 saturated carbocycles. The molecular weight excluding hydrogens is 146 g/mol. The van der Waals surface area contributed by atoms with E-state index in [9.17, 15) is 0 Å². The van der Waals surface area contributed by atoms with E-state index in [0.29, 0.717) is 0 Å². The Hall–Kier alpha value is -1.11. The predicted molar refractivity (Wildman–Crippen MR) is 50.8 cm³/mol. The van der Waals surface area contributed by atoms with Gasteiger partial charge in [0.15, 0.2) is 0 Å². The summed E-state index contributed by atoms with van der Waals surface area (Å²) in [4.78, 5) is 4.15. The monoisotopic (exact) mass is 159 g/mol. The zero-order valence-corrected chi connectivity index (χ0v) is 7.38. The summed E-state index contributed by atoms with van der Waals surface area (Å²) in [5.74, 6) is 0. The highest BCUT2D eigenvalue weighted by atomic mass is 14.6. The molecule has 1 heteroatoms. The van der Waals surface area contributed by atoms with Gasteiger partial charge in [0.1, 0.15) is 0 Å². The molecule has 2 rings (SSSR count). The van der Waals surface area contributed by atoms with E-state index in [-0.39, 0.29) is 0 Å². The van der Waals surface area contributed by atoms with Crippen molar-refractivity contribution in [2.75, 3.05) is 0 Å². The molecule has 0 N–H and O–H groups in total. The Morgan fingerprint density at radius 3 is 3.00 bits per heavy atom. The van der Waals surface area contributed by atoms with E-state index in [1.54, 1.807) is 0 Å². The molecule has 0 amide bonds. The van der Waals surface area contributed by atoms with Crippen molar-refractivity contribution in [3.05, 3.63) is 35.7 Å². The van der Waals surface area contributed by atoms with Crippen molar-refractivity contribution < 1.29 is 0 Å². The first kappa shape index (κ1) is 7.53. The molecule has 0 bridgehead atoms. The zero-order chi connectivity index (χ0) is 8.39. The highest BCUT2D eigenvalue weighted by molar-refractivity contribution is 5.68. The summed E-state index contributed by atoms with van der Waals surface area (Å²) in [6.45, 7) is 2.15. The molecule has 1 aliphatic carbocycles. The molecule has 1 aromatic heterocycles. The molecule has 0 aliphatic heterocycles. The lowest BCUT2D eigenvalue weighted by Crippen LogP contribution is -1.87. The smallest absolute Gasteiger partial charge is 0.0345 e. The number of hydrogen-bond donors (Lipinski definition) is 0. The fourth-order valence-corrected chi connectivity index (χ4v) is 1.72. The summed E-state index contributed by atoms with van der Waals surface area (Å²) >= 11 is 0. The average Bonchev–Trinajstić information content (AvgIpc) is 2.57. The number of hydrogen-bond acceptors (Lipinski definition) is 1. The Bertz CT molecular complexity index is 313. The summed E-state index contributed by atoms with van der Waals surface area (Å²) in [6.07, 6.45) is 9.95. The van der Waals surface area contributed by atoms with E-state index in [0.717, 1.165) is 0 Å². The van der Waals surface area contributed by atoms with Gasteiger partial charge in [-0.3, -0.25) is 4.98 Å². The molecule has 1 nitrogen and oxygen atoms in total. The van der Waals surface area contributed by atoms with Crippen molar-refractivity contribution in [2.24, 2.45) is 0 Å². The summed E-state index contributed by atoms with van der Waals surface area (Å²) in [5, 5.41) is 0. The maximum Gasteiger partial charge on any atom is 0.0345 e. The lowest BCUT2D eigenvalue weighted by atomic mass is 10.0. The maximum atomic E-state index is 4.15. The number of aryl methyl sites for hydroxylation is 1. The van der Waals surface area contributed by atoms with E-state index >= 15 is 0 Å².